The minimum absolute atomic E-state index is 0.154. The lowest BCUT2D eigenvalue weighted by atomic mass is 10.3. The molecule has 0 aliphatic carbocycles. The molecule has 0 aliphatic rings. The molecule has 0 radical (unpaired) electrons. The van der Waals surface area contributed by atoms with Crippen LogP contribution in [0.4, 0.5) is 14.2 Å². The normalized spacial score (nSPS) is 10.0. The summed E-state index contributed by atoms with van der Waals surface area (Å²) < 4.78 is 13.2. The Morgan fingerprint density at radius 3 is 3.00 bits per heavy atom. The number of nitrogens with zero attached hydrogens (tertiary/aromatic N) is 3. The van der Waals surface area contributed by atoms with Crippen LogP contribution in [0.15, 0.2) is 18.5 Å². The van der Waals surface area contributed by atoms with Crippen molar-refractivity contribution in [3.05, 3.63) is 30.0 Å². The Balaban J connectivity index is 2.27. The van der Waals surface area contributed by atoms with Crippen LogP contribution in [0.2, 0.25) is 0 Å². The van der Waals surface area contributed by atoms with Gasteiger partial charge in [0.05, 0.1) is 18.4 Å². The highest BCUT2D eigenvalue weighted by molar-refractivity contribution is 7.19. The molecule has 0 saturated heterocycles. The van der Waals surface area contributed by atoms with Gasteiger partial charge in [-0.05, 0) is 13.0 Å². The molecule has 2 aromatic rings. The lowest BCUT2D eigenvalue weighted by Gasteiger charge is -2.15. The van der Waals surface area contributed by atoms with Gasteiger partial charge in [0.25, 0.3) is 0 Å². The second kappa shape index (κ2) is 6.33. The number of nitrogens with one attached hydrogen (secondary N) is 1. The number of aryl methyl sites for hydroxylation is 1. The van der Waals surface area contributed by atoms with Crippen molar-refractivity contribution in [1.82, 2.24) is 15.3 Å². The Morgan fingerprint density at radius 2 is 2.33 bits per heavy atom. The van der Waals surface area contributed by atoms with Crippen LogP contribution >= 0.6 is 11.3 Å². The number of urea groups is 1. The fraction of sp³-hybridized carbons (Fsp3) is 0.214. The molecular weight excluding hydrogens is 291 g/mol. The molecule has 0 saturated carbocycles. The Hall–Kier alpha value is -2.46. The van der Waals surface area contributed by atoms with Gasteiger partial charge in [-0.25, -0.2) is 14.2 Å². The predicted octanol–water partition coefficient (Wildman–Crippen LogP) is 2.43. The maximum Gasteiger partial charge on any atom is 0.323 e. The van der Waals surface area contributed by atoms with E-state index in [0.29, 0.717) is 21.3 Å². The first-order valence-electron chi connectivity index (χ1n) is 6.06. The highest BCUT2D eigenvalue weighted by Crippen LogP contribution is 2.33. The highest BCUT2D eigenvalue weighted by Gasteiger charge is 2.18. The summed E-state index contributed by atoms with van der Waals surface area (Å²) in [6, 6.07) is 1.04. The fourth-order valence-corrected chi connectivity index (χ4v) is 2.70. The van der Waals surface area contributed by atoms with Gasteiger partial charge in [0.2, 0.25) is 0 Å². The second-order valence-electron chi connectivity index (χ2n) is 4.22. The van der Waals surface area contributed by atoms with Crippen LogP contribution in [0.1, 0.15) is 5.69 Å². The van der Waals surface area contributed by atoms with Crippen molar-refractivity contribution in [1.29, 1.82) is 0 Å². The third-order valence-electron chi connectivity index (χ3n) is 2.67. The molecule has 7 heteroatoms. The summed E-state index contributed by atoms with van der Waals surface area (Å²) in [5.41, 5.74) is 1.25. The van der Waals surface area contributed by atoms with Crippen LogP contribution < -0.4 is 10.2 Å². The van der Waals surface area contributed by atoms with Crippen LogP contribution in [0.3, 0.4) is 0 Å². The van der Waals surface area contributed by atoms with Gasteiger partial charge in [-0.1, -0.05) is 17.3 Å². The lowest BCUT2D eigenvalue weighted by Crippen LogP contribution is -2.37. The molecule has 2 aromatic heterocycles. The second-order valence-corrected chi connectivity index (χ2v) is 5.20. The van der Waals surface area contributed by atoms with Gasteiger partial charge in [0.15, 0.2) is 0 Å². The molecule has 21 heavy (non-hydrogen) atoms. The van der Waals surface area contributed by atoms with Crippen molar-refractivity contribution in [2.45, 2.75) is 6.92 Å². The topological polar surface area (TPSA) is 58.1 Å². The Morgan fingerprint density at radius 1 is 1.57 bits per heavy atom. The zero-order valence-corrected chi connectivity index (χ0v) is 12.4. The van der Waals surface area contributed by atoms with E-state index in [1.54, 1.807) is 14.0 Å². The van der Waals surface area contributed by atoms with Crippen LogP contribution in [-0.4, -0.2) is 29.6 Å². The fourth-order valence-electron chi connectivity index (χ4n) is 1.69. The first kappa shape index (κ1) is 14.9. The molecule has 2 rings (SSSR count). The molecule has 0 spiro atoms. The van der Waals surface area contributed by atoms with Crippen LogP contribution in [0, 0.1) is 25.1 Å². The zero-order chi connectivity index (χ0) is 15.4. The number of aromatic nitrogens is 2. The zero-order valence-electron chi connectivity index (χ0n) is 11.6. The first-order valence-corrected chi connectivity index (χ1v) is 6.88. The van der Waals surface area contributed by atoms with Gasteiger partial charge >= 0.3 is 6.03 Å². The van der Waals surface area contributed by atoms with E-state index < -0.39 is 5.82 Å². The largest absolute Gasteiger partial charge is 0.327 e. The van der Waals surface area contributed by atoms with Gasteiger partial charge < -0.3 is 5.32 Å². The molecule has 2 amide bonds. The molecule has 0 aliphatic heterocycles. The number of terminal acetylenes is 1. The summed E-state index contributed by atoms with van der Waals surface area (Å²) >= 11 is 1.29. The monoisotopic (exact) mass is 304 g/mol. The smallest absolute Gasteiger partial charge is 0.323 e. The number of carbonyl (C=O) groups is 1. The van der Waals surface area contributed by atoms with E-state index in [9.17, 15) is 9.18 Å². The molecule has 108 valence electrons. The number of thiazole rings is 1. The van der Waals surface area contributed by atoms with E-state index >= 15 is 0 Å². The molecule has 0 fully saturated rings. The Bertz CT molecular complexity index is 707. The summed E-state index contributed by atoms with van der Waals surface area (Å²) in [7, 11) is 1.62. The van der Waals surface area contributed by atoms with Crippen LogP contribution in [0.5, 0.6) is 0 Å². The summed E-state index contributed by atoms with van der Waals surface area (Å²) in [5, 5.41) is 3.85. The van der Waals surface area contributed by atoms with Crippen molar-refractivity contribution in [3.8, 4) is 22.9 Å². The van der Waals surface area contributed by atoms with Gasteiger partial charge in [0.1, 0.15) is 15.8 Å². The van der Waals surface area contributed by atoms with Crippen molar-refractivity contribution >= 4 is 22.4 Å². The third-order valence-corrected chi connectivity index (χ3v) is 3.96. The van der Waals surface area contributed by atoms with Crippen molar-refractivity contribution in [3.63, 3.8) is 0 Å². The average Bonchev–Trinajstić information content (AvgIpc) is 2.86. The van der Waals surface area contributed by atoms with E-state index in [2.05, 4.69) is 21.2 Å². The SMILES string of the molecule is C#CCNC(=O)N(C)c1sc(-c2cncc(F)c2)nc1C. The number of hydrogen-bond donors (Lipinski definition) is 1. The van der Waals surface area contributed by atoms with Gasteiger partial charge in [-0.15, -0.1) is 6.42 Å². The molecule has 0 unspecified atom stereocenters. The van der Waals surface area contributed by atoms with E-state index in [0.717, 1.165) is 6.20 Å². The van der Waals surface area contributed by atoms with E-state index in [-0.39, 0.29) is 12.6 Å². The summed E-state index contributed by atoms with van der Waals surface area (Å²) in [6.45, 7) is 1.94. The number of amides is 2. The Kier molecular flexibility index (Phi) is 4.50. The van der Waals surface area contributed by atoms with Gasteiger partial charge in [-0.2, -0.15) is 0 Å². The van der Waals surface area contributed by atoms with Crippen molar-refractivity contribution in [2.24, 2.45) is 0 Å². The van der Waals surface area contributed by atoms with Gasteiger partial charge in [0, 0.05) is 18.8 Å². The van der Waals surface area contributed by atoms with E-state index in [1.165, 1.54) is 28.5 Å². The average molecular weight is 304 g/mol. The summed E-state index contributed by atoms with van der Waals surface area (Å²) in [6.07, 6.45) is 7.76. The molecule has 1 N–H and O–H groups in total. The number of hydrogen-bond acceptors (Lipinski definition) is 4. The molecule has 2 heterocycles. The molecule has 5 nitrogen and oxygen atoms in total. The minimum atomic E-state index is -0.429. The maximum atomic E-state index is 13.2. The maximum absolute atomic E-state index is 13.2. The molecule has 0 aromatic carbocycles. The van der Waals surface area contributed by atoms with Gasteiger partial charge in [-0.3, -0.25) is 9.88 Å². The molecular formula is C14H13FN4OS. The third kappa shape index (κ3) is 3.35. The van der Waals surface area contributed by atoms with E-state index in [1.807, 2.05) is 0 Å². The summed E-state index contributed by atoms with van der Waals surface area (Å²) in [5.74, 6) is 1.91. The summed E-state index contributed by atoms with van der Waals surface area (Å²) in [4.78, 5) is 21.5. The number of rotatable bonds is 3. The first-order chi connectivity index (χ1) is 10.0. The van der Waals surface area contributed by atoms with E-state index in [4.69, 9.17) is 6.42 Å². The van der Waals surface area contributed by atoms with Crippen LogP contribution in [-0.2, 0) is 0 Å². The molecule has 0 atom stereocenters. The molecule has 0 bridgehead atoms. The Labute approximate surface area is 125 Å². The number of carbonyl (C=O) groups excluding carboxylic acids is 1. The number of pyridine rings is 1. The lowest BCUT2D eigenvalue weighted by molar-refractivity contribution is 0.248. The van der Waals surface area contributed by atoms with Crippen LogP contribution in [0.25, 0.3) is 10.6 Å². The van der Waals surface area contributed by atoms with Crippen molar-refractivity contribution < 1.29 is 9.18 Å². The quantitative estimate of drug-likeness (QED) is 0.886. The minimum Gasteiger partial charge on any atom is -0.327 e. The predicted molar refractivity (Wildman–Crippen MR) is 80.7 cm³/mol. The number of anilines is 1. The highest BCUT2D eigenvalue weighted by atomic mass is 32.1. The standard InChI is InChI=1S/C14H13FN4OS/c1-4-5-17-14(20)19(3)13-9(2)18-12(21-13)10-6-11(15)8-16-7-10/h1,6-8H,5H2,2-3H3,(H,17,20). The van der Waals surface area contributed by atoms with Crippen molar-refractivity contribution in [2.75, 3.05) is 18.5 Å². The number of halogens is 1.